The highest BCUT2D eigenvalue weighted by Gasteiger charge is 2.30. The molecule has 36 heavy (non-hydrogen) atoms. The molecule has 0 radical (unpaired) electrons. The molecule has 0 saturated heterocycles. The predicted octanol–water partition coefficient (Wildman–Crippen LogP) is 5.43. The van der Waals surface area contributed by atoms with Crippen molar-refractivity contribution in [2.75, 3.05) is 32.8 Å². The average Bonchev–Trinajstić information content (AvgIpc) is 2.87. The van der Waals surface area contributed by atoms with E-state index in [1.807, 2.05) is 0 Å². The van der Waals surface area contributed by atoms with Crippen LogP contribution in [-0.4, -0.2) is 33.8 Å². The molecule has 0 aliphatic heterocycles. The lowest BCUT2D eigenvalue weighted by Crippen LogP contribution is -2.40. The molecule has 3 rings (SSSR count). The highest BCUT2D eigenvalue weighted by Crippen LogP contribution is 2.34. The number of benzene rings is 3. The summed E-state index contributed by atoms with van der Waals surface area (Å²) in [6, 6.07) is 15.8. The second-order valence-electron chi connectivity index (χ2n) is 7.69. The standard InChI is InChI=1S/C26H27F3N2O4.ClH/c1-33-21-7-5-4-6-20(21)24(30)25(32)31(19-12-13-22(34-2)23(16-19)35-3)15-14-17-8-10-18(11-9-17)26(27,28)29;/h4-13,16,24H,14-15,30H2,1-3H3;1H/t24-;/m1./s1. The second kappa shape index (κ2) is 12.5. The molecular formula is C26H28ClF3N2O4. The molecule has 194 valence electrons. The topological polar surface area (TPSA) is 74.0 Å². The maximum atomic E-state index is 13.6. The fourth-order valence-electron chi connectivity index (χ4n) is 3.68. The molecule has 0 spiro atoms. The zero-order chi connectivity index (χ0) is 25.6. The number of nitrogens with zero attached hydrogens (tertiary/aromatic N) is 1. The van der Waals surface area contributed by atoms with Crippen LogP contribution in [0.1, 0.15) is 22.7 Å². The van der Waals surface area contributed by atoms with Crippen molar-refractivity contribution in [3.05, 3.63) is 83.4 Å². The van der Waals surface area contributed by atoms with Crippen molar-refractivity contribution >= 4 is 24.0 Å². The summed E-state index contributed by atoms with van der Waals surface area (Å²) >= 11 is 0. The van der Waals surface area contributed by atoms with Crippen molar-refractivity contribution in [3.8, 4) is 17.2 Å². The van der Waals surface area contributed by atoms with E-state index >= 15 is 0 Å². The molecular weight excluding hydrogens is 497 g/mol. The first-order valence-electron chi connectivity index (χ1n) is 10.8. The molecule has 1 atom stereocenters. The molecule has 0 aliphatic rings. The number of nitrogens with two attached hydrogens (primary N) is 1. The van der Waals surface area contributed by atoms with E-state index in [1.54, 1.807) is 42.5 Å². The Morgan fingerprint density at radius 2 is 1.50 bits per heavy atom. The van der Waals surface area contributed by atoms with Gasteiger partial charge in [0.15, 0.2) is 11.5 Å². The van der Waals surface area contributed by atoms with Crippen molar-refractivity contribution < 1.29 is 32.2 Å². The number of amides is 1. The van der Waals surface area contributed by atoms with Gasteiger partial charge in [-0.25, -0.2) is 0 Å². The number of carbonyl (C=O) groups is 1. The number of para-hydroxylation sites is 1. The summed E-state index contributed by atoms with van der Waals surface area (Å²) in [5.41, 5.74) is 7.29. The van der Waals surface area contributed by atoms with Crippen molar-refractivity contribution in [1.82, 2.24) is 0 Å². The molecule has 0 fully saturated rings. The van der Waals surface area contributed by atoms with E-state index in [9.17, 15) is 18.0 Å². The summed E-state index contributed by atoms with van der Waals surface area (Å²) in [5.74, 6) is 0.973. The highest BCUT2D eigenvalue weighted by atomic mass is 35.5. The Hall–Kier alpha value is -3.43. The molecule has 1 amide bonds. The van der Waals surface area contributed by atoms with Crippen molar-refractivity contribution in [2.45, 2.75) is 18.6 Å². The van der Waals surface area contributed by atoms with Gasteiger partial charge in [-0.3, -0.25) is 4.79 Å². The van der Waals surface area contributed by atoms with Crippen LogP contribution in [0.3, 0.4) is 0 Å². The van der Waals surface area contributed by atoms with Crippen LogP contribution in [0, 0.1) is 0 Å². The fraction of sp³-hybridized carbons (Fsp3) is 0.269. The largest absolute Gasteiger partial charge is 0.496 e. The second-order valence-corrected chi connectivity index (χ2v) is 7.69. The Morgan fingerprint density at radius 1 is 0.889 bits per heavy atom. The normalized spacial score (nSPS) is 11.8. The first-order chi connectivity index (χ1) is 16.7. The Labute approximate surface area is 214 Å². The Morgan fingerprint density at radius 3 is 2.08 bits per heavy atom. The predicted molar refractivity (Wildman–Crippen MR) is 134 cm³/mol. The lowest BCUT2D eigenvalue weighted by Gasteiger charge is -2.27. The summed E-state index contributed by atoms with van der Waals surface area (Å²) < 4.78 is 54.7. The van der Waals surface area contributed by atoms with Crippen LogP contribution >= 0.6 is 12.4 Å². The summed E-state index contributed by atoms with van der Waals surface area (Å²) in [7, 11) is 4.48. The molecule has 2 N–H and O–H groups in total. The van der Waals surface area contributed by atoms with Gasteiger partial charge in [0.25, 0.3) is 0 Å². The number of ether oxygens (including phenoxy) is 3. The minimum absolute atomic E-state index is 0. The molecule has 10 heteroatoms. The van der Waals surface area contributed by atoms with Gasteiger partial charge in [0.1, 0.15) is 11.8 Å². The van der Waals surface area contributed by atoms with E-state index in [0.717, 1.165) is 12.1 Å². The van der Waals surface area contributed by atoms with Crippen LogP contribution in [-0.2, 0) is 17.4 Å². The number of hydrogen-bond donors (Lipinski definition) is 1. The molecule has 3 aromatic carbocycles. The van der Waals surface area contributed by atoms with E-state index in [4.69, 9.17) is 19.9 Å². The van der Waals surface area contributed by atoms with Gasteiger partial charge in [-0.2, -0.15) is 13.2 Å². The van der Waals surface area contributed by atoms with Crippen LogP contribution < -0.4 is 24.8 Å². The SMILES string of the molecule is COc1ccc(N(CCc2ccc(C(F)(F)F)cc2)C(=O)[C@H](N)c2ccccc2OC)cc1OC.Cl. The Kier molecular flexibility index (Phi) is 10.0. The number of halogens is 4. The van der Waals surface area contributed by atoms with E-state index < -0.39 is 23.7 Å². The Balaban J connectivity index is 0.00000456. The van der Waals surface area contributed by atoms with Gasteiger partial charge in [0.05, 0.1) is 26.9 Å². The zero-order valence-corrected chi connectivity index (χ0v) is 20.9. The van der Waals surface area contributed by atoms with Crippen LogP contribution in [0.25, 0.3) is 0 Å². The number of alkyl halides is 3. The minimum Gasteiger partial charge on any atom is -0.496 e. The summed E-state index contributed by atoms with van der Waals surface area (Å²) in [6.07, 6.45) is -4.11. The highest BCUT2D eigenvalue weighted by molar-refractivity contribution is 5.98. The van der Waals surface area contributed by atoms with E-state index in [2.05, 4.69) is 0 Å². The van der Waals surface area contributed by atoms with Crippen molar-refractivity contribution in [1.29, 1.82) is 0 Å². The number of hydrogen-bond acceptors (Lipinski definition) is 5. The third-order valence-corrected chi connectivity index (χ3v) is 5.59. The monoisotopic (exact) mass is 524 g/mol. The van der Waals surface area contributed by atoms with E-state index in [0.29, 0.717) is 40.5 Å². The van der Waals surface area contributed by atoms with Crippen LogP contribution in [0.15, 0.2) is 66.7 Å². The quantitative estimate of drug-likeness (QED) is 0.404. The molecule has 0 heterocycles. The summed E-state index contributed by atoms with van der Waals surface area (Å²) in [5, 5.41) is 0. The van der Waals surface area contributed by atoms with Gasteiger partial charge in [-0.15, -0.1) is 12.4 Å². The summed E-state index contributed by atoms with van der Waals surface area (Å²) in [4.78, 5) is 15.1. The first kappa shape index (κ1) is 28.8. The van der Waals surface area contributed by atoms with Gasteiger partial charge in [-0.05, 0) is 42.3 Å². The minimum atomic E-state index is -4.41. The third kappa shape index (κ3) is 6.61. The molecule has 0 unspecified atom stereocenters. The number of anilines is 1. The van der Waals surface area contributed by atoms with Gasteiger partial charge in [0.2, 0.25) is 5.91 Å². The van der Waals surface area contributed by atoms with Gasteiger partial charge >= 0.3 is 6.18 Å². The Bertz CT molecular complexity index is 1160. The zero-order valence-electron chi connectivity index (χ0n) is 20.0. The molecule has 0 aromatic heterocycles. The fourth-order valence-corrected chi connectivity index (χ4v) is 3.68. The average molecular weight is 525 g/mol. The van der Waals surface area contributed by atoms with Gasteiger partial charge < -0.3 is 24.8 Å². The van der Waals surface area contributed by atoms with Crippen LogP contribution in [0.5, 0.6) is 17.2 Å². The van der Waals surface area contributed by atoms with Gasteiger partial charge in [0, 0.05) is 23.9 Å². The number of rotatable bonds is 9. The molecule has 0 saturated carbocycles. The maximum absolute atomic E-state index is 13.6. The smallest absolute Gasteiger partial charge is 0.416 e. The lowest BCUT2D eigenvalue weighted by atomic mass is 10.0. The maximum Gasteiger partial charge on any atom is 0.416 e. The summed E-state index contributed by atoms with van der Waals surface area (Å²) in [6.45, 7) is 0.169. The van der Waals surface area contributed by atoms with Crippen LogP contribution in [0.4, 0.5) is 18.9 Å². The number of methoxy groups -OCH3 is 3. The molecule has 3 aromatic rings. The first-order valence-corrected chi connectivity index (χ1v) is 10.8. The molecule has 0 bridgehead atoms. The third-order valence-electron chi connectivity index (χ3n) is 5.59. The number of carbonyl (C=O) groups excluding carboxylic acids is 1. The van der Waals surface area contributed by atoms with Crippen LogP contribution in [0.2, 0.25) is 0 Å². The van der Waals surface area contributed by atoms with E-state index in [-0.39, 0.29) is 19.0 Å². The van der Waals surface area contributed by atoms with Crippen molar-refractivity contribution in [2.24, 2.45) is 5.73 Å². The molecule has 0 aliphatic carbocycles. The van der Waals surface area contributed by atoms with Crippen molar-refractivity contribution in [3.63, 3.8) is 0 Å². The molecule has 6 nitrogen and oxygen atoms in total. The lowest BCUT2D eigenvalue weighted by molar-refractivity contribution is -0.137. The van der Waals surface area contributed by atoms with Gasteiger partial charge in [-0.1, -0.05) is 30.3 Å². The van der Waals surface area contributed by atoms with E-state index in [1.165, 1.54) is 38.4 Å².